The van der Waals surface area contributed by atoms with Crippen molar-refractivity contribution in [3.63, 3.8) is 0 Å². The fourth-order valence-corrected chi connectivity index (χ4v) is 3.15. The highest BCUT2D eigenvalue weighted by Gasteiger charge is 2.44. The number of nitrogens with one attached hydrogen (secondary N) is 2. The molecule has 1 fully saturated rings. The first kappa shape index (κ1) is 20.1. The van der Waals surface area contributed by atoms with E-state index in [9.17, 15) is 0 Å². The predicted molar refractivity (Wildman–Crippen MR) is 109 cm³/mol. The van der Waals surface area contributed by atoms with Crippen LogP contribution in [0, 0.1) is 0 Å². The standard InChI is InChI=1S/C20H33ClN4/c1-16(2)25(4)13-6-5-12-23-19(22-3)24-15-20(10-11-20)17-8-7-9-18(21)14-17/h7-9,14,16H,5-6,10-13,15H2,1-4H3,(H2,22,23,24). The fourth-order valence-electron chi connectivity index (χ4n) is 2.96. The zero-order chi connectivity index (χ0) is 18.3. The Kier molecular flexibility index (Phi) is 7.57. The van der Waals surface area contributed by atoms with Crippen molar-refractivity contribution in [3.05, 3.63) is 34.9 Å². The SMILES string of the molecule is CN=C(NCCCCN(C)C(C)C)NCC1(c2cccc(Cl)c2)CC1. The maximum atomic E-state index is 6.15. The molecule has 140 valence electrons. The quantitative estimate of drug-likeness (QED) is 0.399. The van der Waals surface area contributed by atoms with Gasteiger partial charge in [-0.3, -0.25) is 4.99 Å². The Morgan fingerprint density at radius 3 is 2.64 bits per heavy atom. The van der Waals surface area contributed by atoms with Gasteiger partial charge in [0.2, 0.25) is 0 Å². The van der Waals surface area contributed by atoms with Gasteiger partial charge in [0, 0.05) is 36.6 Å². The molecular formula is C20H33ClN4. The molecule has 0 radical (unpaired) electrons. The zero-order valence-corrected chi connectivity index (χ0v) is 16.9. The van der Waals surface area contributed by atoms with E-state index in [1.807, 2.05) is 19.2 Å². The van der Waals surface area contributed by atoms with Crippen LogP contribution in [-0.2, 0) is 5.41 Å². The lowest BCUT2D eigenvalue weighted by atomic mass is 9.96. The van der Waals surface area contributed by atoms with Crippen LogP contribution in [0.2, 0.25) is 5.02 Å². The molecule has 4 nitrogen and oxygen atoms in total. The maximum Gasteiger partial charge on any atom is 0.191 e. The normalized spacial score (nSPS) is 16.4. The number of hydrogen-bond donors (Lipinski definition) is 2. The Bertz CT molecular complexity index is 567. The second-order valence-electron chi connectivity index (χ2n) is 7.42. The van der Waals surface area contributed by atoms with E-state index in [-0.39, 0.29) is 5.41 Å². The van der Waals surface area contributed by atoms with Crippen LogP contribution in [0.25, 0.3) is 0 Å². The highest BCUT2D eigenvalue weighted by molar-refractivity contribution is 6.30. The van der Waals surface area contributed by atoms with Gasteiger partial charge in [0.25, 0.3) is 0 Å². The van der Waals surface area contributed by atoms with Crippen LogP contribution in [0.4, 0.5) is 0 Å². The molecule has 2 rings (SSSR count). The molecule has 2 N–H and O–H groups in total. The summed E-state index contributed by atoms with van der Waals surface area (Å²) < 4.78 is 0. The summed E-state index contributed by atoms with van der Waals surface area (Å²) in [6.07, 6.45) is 4.76. The molecule has 0 atom stereocenters. The van der Waals surface area contributed by atoms with E-state index in [0.717, 1.165) is 37.0 Å². The highest BCUT2D eigenvalue weighted by Crippen LogP contribution is 2.48. The minimum Gasteiger partial charge on any atom is -0.356 e. The molecular weight excluding hydrogens is 332 g/mol. The summed E-state index contributed by atoms with van der Waals surface area (Å²) in [5.41, 5.74) is 1.56. The largest absolute Gasteiger partial charge is 0.356 e. The molecule has 0 unspecified atom stereocenters. The number of nitrogens with zero attached hydrogens (tertiary/aromatic N) is 2. The van der Waals surface area contributed by atoms with Gasteiger partial charge in [-0.2, -0.15) is 0 Å². The van der Waals surface area contributed by atoms with Crippen LogP contribution in [0.15, 0.2) is 29.3 Å². The Balaban J connectivity index is 1.70. The van der Waals surface area contributed by atoms with Gasteiger partial charge in [-0.15, -0.1) is 0 Å². The van der Waals surface area contributed by atoms with E-state index >= 15 is 0 Å². The minimum absolute atomic E-state index is 0.225. The average molecular weight is 365 g/mol. The van der Waals surface area contributed by atoms with Crippen molar-refractivity contribution in [1.29, 1.82) is 0 Å². The van der Waals surface area contributed by atoms with Crippen LogP contribution < -0.4 is 10.6 Å². The molecule has 0 spiro atoms. The molecule has 0 heterocycles. The molecule has 1 aromatic rings. The van der Waals surface area contributed by atoms with Crippen LogP contribution in [0.5, 0.6) is 0 Å². The number of guanidine groups is 1. The summed E-state index contributed by atoms with van der Waals surface area (Å²) in [5.74, 6) is 0.894. The highest BCUT2D eigenvalue weighted by atomic mass is 35.5. The van der Waals surface area contributed by atoms with E-state index in [1.165, 1.54) is 24.8 Å². The second-order valence-corrected chi connectivity index (χ2v) is 7.86. The molecule has 25 heavy (non-hydrogen) atoms. The first-order chi connectivity index (χ1) is 12.0. The van der Waals surface area contributed by atoms with E-state index < -0.39 is 0 Å². The van der Waals surface area contributed by atoms with Crippen molar-refractivity contribution in [1.82, 2.24) is 15.5 Å². The first-order valence-electron chi connectivity index (χ1n) is 9.38. The van der Waals surface area contributed by atoms with Gasteiger partial charge in [0.15, 0.2) is 5.96 Å². The van der Waals surface area contributed by atoms with Gasteiger partial charge in [-0.1, -0.05) is 23.7 Å². The number of rotatable bonds is 9. The van der Waals surface area contributed by atoms with Crippen LogP contribution in [-0.4, -0.2) is 50.6 Å². The molecule has 1 aliphatic rings. The monoisotopic (exact) mass is 364 g/mol. The molecule has 0 aliphatic heterocycles. The van der Waals surface area contributed by atoms with Gasteiger partial charge in [0.1, 0.15) is 0 Å². The molecule has 0 amide bonds. The van der Waals surface area contributed by atoms with Crippen LogP contribution >= 0.6 is 11.6 Å². The Hall–Kier alpha value is -1.26. The summed E-state index contributed by atoms with van der Waals surface area (Å²) >= 11 is 6.15. The van der Waals surface area contributed by atoms with Crippen molar-refractivity contribution >= 4 is 17.6 Å². The van der Waals surface area contributed by atoms with E-state index in [2.05, 4.69) is 53.6 Å². The Morgan fingerprint density at radius 1 is 1.28 bits per heavy atom. The third-order valence-electron chi connectivity index (χ3n) is 5.22. The number of aliphatic imine (C=N–C) groups is 1. The molecule has 0 saturated heterocycles. The smallest absolute Gasteiger partial charge is 0.191 e. The summed E-state index contributed by atoms with van der Waals surface area (Å²) in [5, 5.41) is 7.74. The Labute approximate surface area is 158 Å². The second kappa shape index (κ2) is 9.44. The van der Waals surface area contributed by atoms with Crippen molar-refractivity contribution in [2.45, 2.75) is 51.0 Å². The topological polar surface area (TPSA) is 39.7 Å². The van der Waals surface area contributed by atoms with Crippen LogP contribution in [0.3, 0.4) is 0 Å². The lowest BCUT2D eigenvalue weighted by Crippen LogP contribution is -2.41. The zero-order valence-electron chi connectivity index (χ0n) is 16.1. The van der Waals surface area contributed by atoms with Crippen molar-refractivity contribution < 1.29 is 0 Å². The molecule has 1 saturated carbocycles. The third kappa shape index (κ3) is 6.19. The van der Waals surface area contributed by atoms with Crippen molar-refractivity contribution in [2.24, 2.45) is 4.99 Å². The third-order valence-corrected chi connectivity index (χ3v) is 5.46. The van der Waals surface area contributed by atoms with Crippen molar-refractivity contribution in [3.8, 4) is 0 Å². The van der Waals surface area contributed by atoms with Gasteiger partial charge >= 0.3 is 0 Å². The average Bonchev–Trinajstić information content (AvgIpc) is 3.38. The van der Waals surface area contributed by atoms with Crippen molar-refractivity contribution in [2.75, 3.05) is 33.7 Å². The predicted octanol–water partition coefficient (Wildman–Crippen LogP) is 3.66. The summed E-state index contributed by atoms with van der Waals surface area (Å²) in [7, 11) is 4.02. The van der Waals surface area contributed by atoms with E-state index in [0.29, 0.717) is 6.04 Å². The lowest BCUT2D eigenvalue weighted by Gasteiger charge is -2.21. The van der Waals surface area contributed by atoms with Crippen LogP contribution in [0.1, 0.15) is 45.1 Å². The molecule has 0 bridgehead atoms. The lowest BCUT2D eigenvalue weighted by molar-refractivity contribution is 0.268. The summed E-state index contributed by atoms with van der Waals surface area (Å²) in [6, 6.07) is 8.87. The molecule has 5 heteroatoms. The number of halogens is 1. The number of benzene rings is 1. The number of unbranched alkanes of at least 4 members (excludes halogenated alkanes) is 1. The van der Waals surface area contributed by atoms with E-state index in [4.69, 9.17) is 11.6 Å². The first-order valence-corrected chi connectivity index (χ1v) is 9.75. The minimum atomic E-state index is 0.225. The molecule has 0 aromatic heterocycles. The van der Waals surface area contributed by atoms with Gasteiger partial charge in [-0.05, 0) is 70.8 Å². The van der Waals surface area contributed by atoms with E-state index in [1.54, 1.807) is 0 Å². The number of hydrogen-bond acceptors (Lipinski definition) is 2. The van der Waals surface area contributed by atoms with Gasteiger partial charge < -0.3 is 15.5 Å². The van der Waals surface area contributed by atoms with Gasteiger partial charge in [0.05, 0.1) is 0 Å². The molecule has 1 aromatic carbocycles. The Morgan fingerprint density at radius 2 is 2.04 bits per heavy atom. The maximum absolute atomic E-state index is 6.15. The summed E-state index contributed by atoms with van der Waals surface area (Å²) in [4.78, 5) is 6.73. The van der Waals surface area contributed by atoms with Gasteiger partial charge in [-0.25, -0.2) is 0 Å². The summed E-state index contributed by atoms with van der Waals surface area (Å²) in [6.45, 7) is 7.47. The molecule has 1 aliphatic carbocycles. The fraction of sp³-hybridized carbons (Fsp3) is 0.650.